The van der Waals surface area contributed by atoms with E-state index in [0.717, 1.165) is 16.5 Å². The molecule has 1 fully saturated rings. The highest BCUT2D eigenvalue weighted by molar-refractivity contribution is 8.19. The SMILES string of the molecule is COc1cc(/C=N\NC(=O)COc2ccc(C3SCCS3)cc2)ccc1OCc1cccc2ccccc12. The number of amides is 1. The summed E-state index contributed by atoms with van der Waals surface area (Å²) < 4.78 is 17.7. The number of fused-ring (bicyclic) bond motifs is 1. The number of hydrogen-bond donors (Lipinski definition) is 1. The Morgan fingerprint density at radius 1 is 0.947 bits per heavy atom. The zero-order valence-electron chi connectivity index (χ0n) is 21.0. The summed E-state index contributed by atoms with van der Waals surface area (Å²) in [6, 6.07) is 27.8. The third-order valence-electron chi connectivity index (χ3n) is 6.00. The lowest BCUT2D eigenvalue weighted by atomic mass is 10.1. The van der Waals surface area contributed by atoms with E-state index >= 15 is 0 Å². The maximum Gasteiger partial charge on any atom is 0.277 e. The summed E-state index contributed by atoms with van der Waals surface area (Å²) in [6.07, 6.45) is 1.56. The Labute approximate surface area is 230 Å². The Kier molecular flexibility index (Phi) is 8.73. The Bertz CT molecular complexity index is 1410. The van der Waals surface area contributed by atoms with Crippen molar-refractivity contribution in [3.05, 3.63) is 102 Å². The Morgan fingerprint density at radius 2 is 1.74 bits per heavy atom. The minimum Gasteiger partial charge on any atom is -0.493 e. The van der Waals surface area contributed by atoms with Crippen molar-refractivity contribution < 1.29 is 19.0 Å². The van der Waals surface area contributed by atoms with Gasteiger partial charge in [-0.15, -0.1) is 23.5 Å². The van der Waals surface area contributed by atoms with Gasteiger partial charge in [-0.25, -0.2) is 5.43 Å². The van der Waals surface area contributed by atoms with Crippen LogP contribution in [0.5, 0.6) is 17.2 Å². The average molecular weight is 545 g/mol. The summed E-state index contributed by atoms with van der Waals surface area (Å²) in [5.74, 6) is 3.90. The van der Waals surface area contributed by atoms with E-state index in [9.17, 15) is 4.79 Å². The Morgan fingerprint density at radius 3 is 2.55 bits per heavy atom. The fourth-order valence-electron chi connectivity index (χ4n) is 4.09. The fourth-order valence-corrected chi connectivity index (χ4v) is 6.95. The molecular weight excluding hydrogens is 516 g/mol. The van der Waals surface area contributed by atoms with Gasteiger partial charge in [0.1, 0.15) is 12.4 Å². The van der Waals surface area contributed by atoms with Gasteiger partial charge in [0.05, 0.1) is 17.9 Å². The molecule has 0 spiro atoms. The molecule has 0 atom stereocenters. The van der Waals surface area contributed by atoms with Crippen LogP contribution in [0.2, 0.25) is 0 Å². The molecule has 0 aromatic heterocycles. The topological polar surface area (TPSA) is 69.2 Å². The number of carbonyl (C=O) groups excluding carboxylic acids is 1. The molecule has 1 N–H and O–H groups in total. The minimum absolute atomic E-state index is 0.117. The molecule has 1 saturated heterocycles. The largest absolute Gasteiger partial charge is 0.493 e. The Balaban J connectivity index is 1.12. The number of rotatable bonds is 10. The molecule has 0 unspecified atom stereocenters. The maximum atomic E-state index is 12.2. The third kappa shape index (κ3) is 6.62. The highest BCUT2D eigenvalue weighted by Gasteiger charge is 2.18. The molecule has 1 aliphatic rings. The molecule has 4 aromatic rings. The molecular formula is C30H28N2O4S2. The molecule has 0 bridgehead atoms. The second-order valence-electron chi connectivity index (χ2n) is 8.56. The molecule has 0 aliphatic carbocycles. The standard InChI is InChI=1S/C30H28N2O4S2/c1-34-28-17-21(9-14-27(28)36-19-24-7-4-6-22-5-2-3-8-26(22)24)18-31-32-29(33)20-35-25-12-10-23(11-13-25)30-37-15-16-38-30/h2-14,17-18,30H,15-16,19-20H2,1H3,(H,32,33)/b31-18-. The molecule has 5 rings (SSSR count). The molecule has 194 valence electrons. The number of benzene rings is 4. The number of nitrogens with zero attached hydrogens (tertiary/aromatic N) is 1. The molecule has 4 aromatic carbocycles. The first kappa shape index (κ1) is 26.0. The average Bonchev–Trinajstić information content (AvgIpc) is 3.51. The number of thioether (sulfide) groups is 2. The summed E-state index contributed by atoms with van der Waals surface area (Å²) in [6.45, 7) is 0.302. The van der Waals surface area contributed by atoms with Crippen LogP contribution in [0.25, 0.3) is 10.8 Å². The lowest BCUT2D eigenvalue weighted by Gasteiger charge is -2.12. The van der Waals surface area contributed by atoms with Crippen molar-refractivity contribution in [2.75, 3.05) is 25.2 Å². The number of methoxy groups -OCH3 is 1. The molecule has 1 aliphatic heterocycles. The van der Waals surface area contributed by atoms with Crippen molar-refractivity contribution in [2.45, 2.75) is 11.2 Å². The quantitative estimate of drug-likeness (QED) is 0.183. The van der Waals surface area contributed by atoms with Gasteiger partial charge in [-0.05, 0) is 57.8 Å². The van der Waals surface area contributed by atoms with Crippen LogP contribution in [0.3, 0.4) is 0 Å². The van der Waals surface area contributed by atoms with Gasteiger partial charge in [-0.3, -0.25) is 4.79 Å². The van der Waals surface area contributed by atoms with Crippen LogP contribution in [0.15, 0.2) is 90.0 Å². The van der Waals surface area contributed by atoms with E-state index < -0.39 is 0 Å². The van der Waals surface area contributed by atoms with Gasteiger partial charge in [-0.2, -0.15) is 5.10 Å². The van der Waals surface area contributed by atoms with Gasteiger partial charge in [0, 0.05) is 11.5 Å². The fraction of sp³-hybridized carbons (Fsp3) is 0.200. The van der Waals surface area contributed by atoms with Crippen molar-refractivity contribution in [1.82, 2.24) is 5.43 Å². The lowest BCUT2D eigenvalue weighted by Crippen LogP contribution is -2.24. The summed E-state index contributed by atoms with van der Waals surface area (Å²) in [5.41, 5.74) is 5.64. The molecule has 1 amide bonds. The van der Waals surface area contributed by atoms with Crippen LogP contribution in [-0.2, 0) is 11.4 Å². The maximum absolute atomic E-state index is 12.2. The predicted octanol–water partition coefficient (Wildman–Crippen LogP) is 6.44. The van der Waals surface area contributed by atoms with Gasteiger partial charge in [0.25, 0.3) is 5.91 Å². The van der Waals surface area contributed by atoms with Crippen LogP contribution in [0.1, 0.15) is 21.3 Å². The van der Waals surface area contributed by atoms with Crippen molar-refractivity contribution in [3.63, 3.8) is 0 Å². The van der Waals surface area contributed by atoms with Gasteiger partial charge < -0.3 is 14.2 Å². The van der Waals surface area contributed by atoms with E-state index in [2.05, 4.69) is 46.9 Å². The van der Waals surface area contributed by atoms with Gasteiger partial charge >= 0.3 is 0 Å². The van der Waals surface area contributed by atoms with E-state index in [4.69, 9.17) is 14.2 Å². The predicted molar refractivity (Wildman–Crippen MR) is 157 cm³/mol. The van der Waals surface area contributed by atoms with E-state index in [1.54, 1.807) is 13.3 Å². The summed E-state index contributed by atoms with van der Waals surface area (Å²) in [5, 5.41) is 6.39. The number of carbonyl (C=O) groups is 1. The number of nitrogens with one attached hydrogen (secondary N) is 1. The molecule has 6 nitrogen and oxygen atoms in total. The van der Waals surface area contributed by atoms with Crippen molar-refractivity contribution in [1.29, 1.82) is 0 Å². The highest BCUT2D eigenvalue weighted by Crippen LogP contribution is 2.45. The van der Waals surface area contributed by atoms with Crippen molar-refractivity contribution in [2.24, 2.45) is 5.10 Å². The van der Waals surface area contributed by atoms with E-state index in [1.165, 1.54) is 22.5 Å². The first-order chi connectivity index (χ1) is 18.7. The molecule has 0 saturated carbocycles. The molecule has 8 heteroatoms. The zero-order chi connectivity index (χ0) is 26.2. The molecule has 1 heterocycles. The van der Waals surface area contributed by atoms with Gasteiger partial charge in [-0.1, -0.05) is 54.6 Å². The molecule has 38 heavy (non-hydrogen) atoms. The second-order valence-corrected chi connectivity index (χ2v) is 11.3. The zero-order valence-corrected chi connectivity index (χ0v) is 22.6. The van der Waals surface area contributed by atoms with Gasteiger partial charge in [0.2, 0.25) is 0 Å². The lowest BCUT2D eigenvalue weighted by molar-refractivity contribution is -0.123. The summed E-state index contributed by atoms with van der Waals surface area (Å²) in [4.78, 5) is 12.2. The van der Waals surface area contributed by atoms with E-state index in [0.29, 0.717) is 28.4 Å². The van der Waals surface area contributed by atoms with E-state index in [-0.39, 0.29) is 12.5 Å². The highest BCUT2D eigenvalue weighted by atomic mass is 32.2. The third-order valence-corrected chi connectivity index (χ3v) is 9.10. The van der Waals surface area contributed by atoms with Crippen LogP contribution >= 0.6 is 23.5 Å². The number of hydrazone groups is 1. The Hall–Kier alpha value is -3.62. The normalized spacial score (nSPS) is 13.6. The number of ether oxygens (including phenoxy) is 3. The monoisotopic (exact) mass is 544 g/mol. The van der Waals surface area contributed by atoms with Crippen molar-refractivity contribution >= 4 is 46.4 Å². The van der Waals surface area contributed by atoms with Crippen molar-refractivity contribution in [3.8, 4) is 17.2 Å². The minimum atomic E-state index is -0.339. The first-order valence-corrected chi connectivity index (χ1v) is 14.3. The van der Waals surface area contributed by atoms with Crippen LogP contribution < -0.4 is 19.6 Å². The number of hydrogen-bond acceptors (Lipinski definition) is 7. The summed E-state index contributed by atoms with van der Waals surface area (Å²) >= 11 is 3.92. The second kappa shape index (κ2) is 12.8. The van der Waals surface area contributed by atoms with Crippen LogP contribution in [0, 0.1) is 0 Å². The first-order valence-electron chi connectivity index (χ1n) is 12.2. The molecule has 0 radical (unpaired) electrons. The smallest absolute Gasteiger partial charge is 0.277 e. The van der Waals surface area contributed by atoms with E-state index in [1.807, 2.05) is 72.1 Å². The summed E-state index contributed by atoms with van der Waals surface area (Å²) in [7, 11) is 1.60. The van der Waals surface area contributed by atoms with Crippen LogP contribution in [0.4, 0.5) is 0 Å². The van der Waals surface area contributed by atoms with Gasteiger partial charge in [0.15, 0.2) is 18.1 Å². The van der Waals surface area contributed by atoms with Crippen LogP contribution in [-0.4, -0.2) is 37.3 Å².